The zero-order chi connectivity index (χ0) is 14.4. The van der Waals surface area contributed by atoms with Gasteiger partial charge >= 0.3 is 0 Å². The third-order valence-electron chi connectivity index (χ3n) is 4.18. The highest BCUT2D eigenvalue weighted by Gasteiger charge is 2.26. The molecule has 0 saturated heterocycles. The van der Waals surface area contributed by atoms with Crippen LogP contribution >= 0.6 is 22.9 Å². The van der Waals surface area contributed by atoms with Gasteiger partial charge in [-0.1, -0.05) is 0 Å². The van der Waals surface area contributed by atoms with Gasteiger partial charge in [0.05, 0.1) is 23.0 Å². The number of nitrogens with zero attached hydrogens (tertiary/aromatic N) is 2. The van der Waals surface area contributed by atoms with Gasteiger partial charge in [-0.25, -0.2) is 9.37 Å². The maximum atomic E-state index is 13.7. The van der Waals surface area contributed by atoms with E-state index >= 15 is 0 Å². The lowest BCUT2D eigenvalue weighted by molar-refractivity contribution is 0.494. The monoisotopic (exact) mass is 320 g/mol. The van der Waals surface area contributed by atoms with Gasteiger partial charge in [-0.2, -0.15) is 0 Å². The molecular formula is C16H14ClFN2S. The summed E-state index contributed by atoms with van der Waals surface area (Å²) in [5.41, 5.74) is 3.00. The Hall–Kier alpha value is -1.39. The minimum absolute atomic E-state index is 0.223. The third kappa shape index (κ3) is 2.09. The summed E-state index contributed by atoms with van der Waals surface area (Å²) >= 11 is 7.90. The molecule has 1 aliphatic rings. The molecule has 2 nitrogen and oxygen atoms in total. The van der Waals surface area contributed by atoms with E-state index in [1.165, 1.54) is 16.5 Å². The van der Waals surface area contributed by atoms with E-state index < -0.39 is 0 Å². The van der Waals surface area contributed by atoms with Crippen LogP contribution in [0.5, 0.6) is 0 Å². The Morgan fingerprint density at radius 1 is 1.38 bits per heavy atom. The molecule has 0 aliphatic heterocycles. The molecule has 1 unspecified atom stereocenters. The van der Waals surface area contributed by atoms with Crippen LogP contribution in [0.25, 0.3) is 11.0 Å². The van der Waals surface area contributed by atoms with Crippen LogP contribution in [0.2, 0.25) is 0 Å². The summed E-state index contributed by atoms with van der Waals surface area (Å²) in [6.07, 6.45) is 3.34. The molecule has 4 rings (SSSR count). The summed E-state index contributed by atoms with van der Waals surface area (Å²) in [4.78, 5) is 6.01. The molecule has 0 amide bonds. The van der Waals surface area contributed by atoms with Crippen LogP contribution in [-0.4, -0.2) is 9.55 Å². The van der Waals surface area contributed by atoms with Crippen LogP contribution in [0.15, 0.2) is 29.6 Å². The van der Waals surface area contributed by atoms with Gasteiger partial charge in [-0.15, -0.1) is 22.9 Å². The summed E-state index contributed by atoms with van der Waals surface area (Å²) < 4.78 is 15.8. The highest BCUT2D eigenvalue weighted by molar-refractivity contribution is 7.10. The second kappa shape index (κ2) is 5.11. The number of aryl methyl sites for hydroxylation is 1. The standard InChI is InChI=1S/C16H14ClFN2S/c17-9-16-19-12-5-4-10(18)8-14(12)20(16)13-2-1-3-15-11(13)6-7-21-15/h4-8,13H,1-3,9H2. The number of hydrogen-bond donors (Lipinski definition) is 0. The van der Waals surface area contributed by atoms with Crippen LogP contribution in [0.3, 0.4) is 0 Å². The van der Waals surface area contributed by atoms with E-state index in [2.05, 4.69) is 21.0 Å². The molecule has 0 radical (unpaired) electrons. The first-order valence-electron chi connectivity index (χ1n) is 7.06. The molecule has 5 heteroatoms. The number of thiophene rings is 1. The Labute approximate surface area is 131 Å². The highest BCUT2D eigenvalue weighted by atomic mass is 35.5. The third-order valence-corrected chi connectivity index (χ3v) is 5.41. The van der Waals surface area contributed by atoms with Crippen molar-refractivity contribution in [2.45, 2.75) is 31.2 Å². The summed E-state index contributed by atoms with van der Waals surface area (Å²) in [5, 5.41) is 2.14. The Kier molecular flexibility index (Phi) is 3.23. The first kappa shape index (κ1) is 13.3. The fourth-order valence-electron chi connectivity index (χ4n) is 3.29. The first-order chi connectivity index (χ1) is 10.3. The molecular weight excluding hydrogens is 307 g/mol. The van der Waals surface area contributed by atoms with Crippen molar-refractivity contribution in [3.8, 4) is 0 Å². The number of halogens is 2. The second-order valence-electron chi connectivity index (χ2n) is 5.37. The van der Waals surface area contributed by atoms with Gasteiger partial charge in [0, 0.05) is 4.88 Å². The van der Waals surface area contributed by atoms with Crippen LogP contribution in [-0.2, 0) is 12.3 Å². The van der Waals surface area contributed by atoms with E-state index in [9.17, 15) is 4.39 Å². The topological polar surface area (TPSA) is 17.8 Å². The first-order valence-corrected chi connectivity index (χ1v) is 8.48. The van der Waals surface area contributed by atoms with Gasteiger partial charge in [-0.3, -0.25) is 0 Å². The molecule has 2 heterocycles. The quantitative estimate of drug-likeness (QED) is 0.614. The zero-order valence-corrected chi connectivity index (χ0v) is 12.9. The Morgan fingerprint density at radius 2 is 2.29 bits per heavy atom. The summed E-state index contributed by atoms with van der Waals surface area (Å²) in [7, 11) is 0. The predicted octanol–water partition coefficient (Wildman–Crippen LogP) is 4.90. The molecule has 1 atom stereocenters. The van der Waals surface area contributed by atoms with E-state index in [1.54, 1.807) is 12.1 Å². The number of rotatable bonds is 2. The number of hydrogen-bond acceptors (Lipinski definition) is 2. The number of imidazole rings is 1. The van der Waals surface area contributed by atoms with E-state index in [1.807, 2.05) is 11.3 Å². The molecule has 21 heavy (non-hydrogen) atoms. The average Bonchev–Trinajstić information content (AvgIpc) is 3.10. The molecule has 1 aliphatic carbocycles. The average molecular weight is 321 g/mol. The van der Waals surface area contributed by atoms with Crippen molar-refractivity contribution in [2.24, 2.45) is 0 Å². The number of aromatic nitrogens is 2. The van der Waals surface area contributed by atoms with Crippen LogP contribution in [0, 0.1) is 5.82 Å². The van der Waals surface area contributed by atoms with Gasteiger partial charge in [0.2, 0.25) is 0 Å². The van der Waals surface area contributed by atoms with E-state index in [4.69, 9.17) is 11.6 Å². The Bertz CT molecular complexity index is 808. The van der Waals surface area contributed by atoms with Crippen LogP contribution < -0.4 is 0 Å². The molecule has 0 saturated carbocycles. The minimum atomic E-state index is -0.230. The van der Waals surface area contributed by atoms with Crippen molar-refractivity contribution in [3.05, 3.63) is 51.7 Å². The van der Waals surface area contributed by atoms with Gasteiger partial charge in [0.15, 0.2) is 0 Å². The molecule has 0 fully saturated rings. The fourth-order valence-corrected chi connectivity index (χ4v) is 4.46. The number of benzene rings is 1. The Balaban J connectivity index is 1.96. The largest absolute Gasteiger partial charge is 0.319 e. The maximum Gasteiger partial charge on any atom is 0.125 e. The molecule has 1 aromatic carbocycles. The van der Waals surface area contributed by atoms with Crippen molar-refractivity contribution in [1.82, 2.24) is 9.55 Å². The summed E-state index contributed by atoms with van der Waals surface area (Å²) in [6, 6.07) is 7.16. The highest BCUT2D eigenvalue weighted by Crippen LogP contribution is 2.38. The second-order valence-corrected chi connectivity index (χ2v) is 6.64. The van der Waals surface area contributed by atoms with Crippen molar-refractivity contribution < 1.29 is 4.39 Å². The SMILES string of the molecule is Fc1ccc2nc(CCl)n(C3CCCc4sccc43)c2c1. The summed E-state index contributed by atoms with van der Waals surface area (Å²) in [5.74, 6) is 0.930. The van der Waals surface area contributed by atoms with E-state index in [-0.39, 0.29) is 11.9 Å². The molecule has 0 bridgehead atoms. The Morgan fingerprint density at radius 3 is 3.14 bits per heavy atom. The smallest absolute Gasteiger partial charge is 0.125 e. The van der Waals surface area contributed by atoms with Gasteiger partial charge in [0.1, 0.15) is 11.6 Å². The molecule has 2 aromatic heterocycles. The lowest BCUT2D eigenvalue weighted by Gasteiger charge is -2.26. The van der Waals surface area contributed by atoms with Crippen LogP contribution in [0.4, 0.5) is 4.39 Å². The number of alkyl halides is 1. The van der Waals surface area contributed by atoms with E-state index in [0.717, 1.165) is 36.1 Å². The summed E-state index contributed by atoms with van der Waals surface area (Å²) in [6.45, 7) is 0. The predicted molar refractivity (Wildman–Crippen MR) is 84.6 cm³/mol. The maximum absolute atomic E-state index is 13.7. The minimum Gasteiger partial charge on any atom is -0.319 e. The van der Waals surface area contributed by atoms with Gasteiger partial charge < -0.3 is 4.57 Å². The molecule has 3 aromatic rings. The fraction of sp³-hybridized carbons (Fsp3) is 0.312. The normalized spacial score (nSPS) is 18.1. The van der Waals surface area contributed by atoms with Gasteiger partial charge in [-0.05, 0) is 54.5 Å². The lowest BCUT2D eigenvalue weighted by Crippen LogP contribution is -2.17. The molecule has 108 valence electrons. The van der Waals surface area contributed by atoms with Crippen molar-refractivity contribution in [2.75, 3.05) is 0 Å². The lowest BCUT2D eigenvalue weighted by atomic mass is 9.93. The molecule has 0 spiro atoms. The van der Waals surface area contributed by atoms with E-state index in [0.29, 0.717) is 5.88 Å². The van der Waals surface area contributed by atoms with Gasteiger partial charge in [0.25, 0.3) is 0 Å². The zero-order valence-electron chi connectivity index (χ0n) is 11.4. The van der Waals surface area contributed by atoms with Crippen molar-refractivity contribution in [1.29, 1.82) is 0 Å². The van der Waals surface area contributed by atoms with Crippen molar-refractivity contribution in [3.63, 3.8) is 0 Å². The van der Waals surface area contributed by atoms with Crippen LogP contribution in [0.1, 0.15) is 35.1 Å². The molecule has 0 N–H and O–H groups in total. The van der Waals surface area contributed by atoms with Crippen molar-refractivity contribution >= 4 is 34.0 Å². The number of fused-ring (bicyclic) bond motifs is 2.